The number of Topliss-reactive ketones (excluding diaryl/α,β-unsaturated/α-hetero) is 2. The van der Waals surface area contributed by atoms with Crippen LogP contribution < -0.4 is 10.6 Å². The summed E-state index contributed by atoms with van der Waals surface area (Å²) in [7, 11) is 3.56. The van der Waals surface area contributed by atoms with Gasteiger partial charge in [-0.3, -0.25) is 19.2 Å². The van der Waals surface area contributed by atoms with Crippen LogP contribution >= 0.6 is 0 Å². The molecule has 11 nitrogen and oxygen atoms in total. The summed E-state index contributed by atoms with van der Waals surface area (Å²) in [5, 5.41) is 44.2. The fourth-order valence-electron chi connectivity index (χ4n) is 6.07. The van der Waals surface area contributed by atoms with Crippen LogP contribution in [0.4, 0.5) is 5.69 Å². The van der Waals surface area contributed by atoms with Crippen LogP contribution in [0.25, 0.3) is 0 Å². The van der Waals surface area contributed by atoms with Crippen LogP contribution in [0.1, 0.15) is 48.2 Å². The standard InChI is InChI=1S/C27H33N3O8/c1-12(2)9-30(11-31)10-14-7-17(29(3)4)16-6-13-5-15-8-18(32)21(26(28)37)25(36)27(15,38)24(35)19(13)23(34)20(16)22(14)33/h7,11-13,15,32-33,35,38H,5-6,8-10H2,1-4H3,(H2,28,37)/t13-,15+,27+/m1/s1. The molecule has 38 heavy (non-hydrogen) atoms. The Balaban J connectivity index is 1.88. The summed E-state index contributed by atoms with van der Waals surface area (Å²) in [6.07, 6.45) is 0.660. The molecule has 1 aromatic rings. The predicted molar refractivity (Wildman–Crippen MR) is 136 cm³/mol. The van der Waals surface area contributed by atoms with E-state index in [4.69, 9.17) is 5.73 Å². The number of nitrogens with zero attached hydrogens (tertiary/aromatic N) is 2. The second kappa shape index (κ2) is 9.46. The van der Waals surface area contributed by atoms with Gasteiger partial charge in [0, 0.05) is 56.3 Å². The zero-order valence-corrected chi connectivity index (χ0v) is 21.8. The number of nitrogens with two attached hydrogens (primary N) is 1. The summed E-state index contributed by atoms with van der Waals surface area (Å²) in [4.78, 5) is 53.8. The maximum atomic E-state index is 13.9. The number of aromatic hydroxyl groups is 1. The molecule has 0 unspecified atom stereocenters. The minimum atomic E-state index is -2.61. The first-order chi connectivity index (χ1) is 17.7. The lowest BCUT2D eigenvalue weighted by molar-refractivity contribution is -0.144. The van der Waals surface area contributed by atoms with Crippen LogP contribution in [0.2, 0.25) is 0 Å². The van der Waals surface area contributed by atoms with Crippen molar-refractivity contribution >= 4 is 29.6 Å². The number of hydrogen-bond acceptors (Lipinski definition) is 9. The average Bonchev–Trinajstić information content (AvgIpc) is 2.81. The zero-order chi connectivity index (χ0) is 28.3. The van der Waals surface area contributed by atoms with Crippen molar-refractivity contribution in [1.82, 2.24) is 4.90 Å². The highest BCUT2D eigenvalue weighted by Gasteiger charge is 2.59. The van der Waals surface area contributed by atoms with Gasteiger partial charge in [0.15, 0.2) is 11.4 Å². The third-order valence-corrected chi connectivity index (χ3v) is 7.72. The first-order valence-corrected chi connectivity index (χ1v) is 12.5. The van der Waals surface area contributed by atoms with Crippen molar-refractivity contribution in [1.29, 1.82) is 0 Å². The highest BCUT2D eigenvalue weighted by atomic mass is 16.3. The number of benzene rings is 1. The lowest BCUT2D eigenvalue weighted by atomic mass is 9.60. The molecule has 11 heteroatoms. The van der Waals surface area contributed by atoms with Gasteiger partial charge in [0.05, 0.1) is 5.56 Å². The fourth-order valence-corrected chi connectivity index (χ4v) is 6.07. The van der Waals surface area contributed by atoms with Crippen molar-refractivity contribution in [2.24, 2.45) is 23.5 Å². The Morgan fingerprint density at radius 2 is 1.87 bits per heavy atom. The molecule has 0 bridgehead atoms. The Bertz CT molecular complexity index is 1310. The number of carbonyl (C=O) groups is 4. The van der Waals surface area contributed by atoms with Gasteiger partial charge in [0.2, 0.25) is 12.2 Å². The van der Waals surface area contributed by atoms with E-state index in [-0.39, 0.29) is 48.6 Å². The number of amides is 2. The maximum absolute atomic E-state index is 13.9. The molecule has 1 aromatic carbocycles. The normalized spacial score (nSPS) is 24.7. The van der Waals surface area contributed by atoms with Crippen molar-refractivity contribution in [2.45, 2.75) is 45.3 Å². The Hall–Kier alpha value is -3.86. The van der Waals surface area contributed by atoms with Crippen molar-refractivity contribution in [3.8, 4) is 5.75 Å². The van der Waals surface area contributed by atoms with Gasteiger partial charge in [-0.1, -0.05) is 13.8 Å². The Morgan fingerprint density at radius 3 is 2.42 bits per heavy atom. The van der Waals surface area contributed by atoms with E-state index < -0.39 is 52.0 Å². The van der Waals surface area contributed by atoms with Crippen molar-refractivity contribution in [3.63, 3.8) is 0 Å². The molecule has 3 atom stereocenters. The number of allylic oxidation sites excluding steroid dienone is 2. The third-order valence-electron chi connectivity index (χ3n) is 7.72. The Kier molecular flexibility index (Phi) is 6.77. The SMILES string of the molecule is CC(C)CN(C=O)Cc1cc(N(C)C)c2c(c1O)C(=O)C1=C(O)[C@]3(O)C(=O)C(C(N)=O)=C(O)C[C@@H]3C[C@@H]1C2. The number of primary amides is 1. The number of rotatable bonds is 7. The Morgan fingerprint density at radius 1 is 1.21 bits per heavy atom. The highest BCUT2D eigenvalue weighted by molar-refractivity contribution is 6.24. The van der Waals surface area contributed by atoms with E-state index in [9.17, 15) is 39.6 Å². The molecule has 3 aliphatic rings. The van der Waals surface area contributed by atoms with Gasteiger partial charge in [-0.2, -0.15) is 0 Å². The topological polar surface area (TPSA) is 182 Å². The van der Waals surface area contributed by atoms with Crippen LogP contribution in [-0.2, 0) is 27.3 Å². The number of anilines is 1. The predicted octanol–water partition coefficient (Wildman–Crippen LogP) is 1.26. The monoisotopic (exact) mass is 527 g/mol. The summed E-state index contributed by atoms with van der Waals surface area (Å²) < 4.78 is 0. The van der Waals surface area contributed by atoms with Crippen molar-refractivity contribution < 1.29 is 39.6 Å². The molecule has 4 rings (SSSR count). The number of phenols is 1. The van der Waals surface area contributed by atoms with E-state index >= 15 is 0 Å². The molecular formula is C27H33N3O8. The van der Waals surface area contributed by atoms with E-state index in [1.165, 1.54) is 4.90 Å². The lowest BCUT2D eigenvalue weighted by Crippen LogP contribution is -2.57. The molecule has 2 amide bonds. The molecule has 3 aliphatic carbocycles. The summed E-state index contributed by atoms with van der Waals surface area (Å²) in [6, 6.07) is 1.73. The van der Waals surface area contributed by atoms with E-state index in [0.717, 1.165) is 0 Å². The molecule has 0 radical (unpaired) electrons. The summed E-state index contributed by atoms with van der Waals surface area (Å²) in [6.45, 7) is 4.36. The smallest absolute Gasteiger partial charge is 0.255 e. The summed E-state index contributed by atoms with van der Waals surface area (Å²) >= 11 is 0. The van der Waals surface area contributed by atoms with Gasteiger partial charge in [-0.15, -0.1) is 0 Å². The number of phenolic OH excluding ortho intramolecular Hbond substituents is 1. The molecule has 0 heterocycles. The number of ketones is 2. The number of aliphatic hydroxyl groups is 3. The van der Waals surface area contributed by atoms with Gasteiger partial charge in [0.1, 0.15) is 22.8 Å². The average molecular weight is 528 g/mol. The molecule has 0 aromatic heterocycles. The molecule has 0 saturated heterocycles. The molecule has 0 aliphatic heterocycles. The first-order valence-electron chi connectivity index (χ1n) is 12.5. The molecule has 0 saturated carbocycles. The van der Waals surface area contributed by atoms with Crippen LogP contribution in [0, 0.1) is 17.8 Å². The van der Waals surface area contributed by atoms with Crippen LogP contribution in [0.15, 0.2) is 28.7 Å². The van der Waals surface area contributed by atoms with Crippen LogP contribution in [-0.4, -0.2) is 75.5 Å². The van der Waals surface area contributed by atoms with Crippen molar-refractivity contribution in [3.05, 3.63) is 45.4 Å². The number of aliphatic hydroxyl groups excluding tert-OH is 2. The minimum Gasteiger partial charge on any atom is -0.511 e. The molecule has 0 spiro atoms. The first kappa shape index (κ1) is 27.2. The van der Waals surface area contributed by atoms with Gasteiger partial charge in [-0.05, 0) is 36.3 Å². The third kappa shape index (κ3) is 4.01. The van der Waals surface area contributed by atoms with Crippen LogP contribution in [0.3, 0.4) is 0 Å². The van der Waals surface area contributed by atoms with E-state index in [1.807, 2.05) is 13.8 Å². The highest BCUT2D eigenvalue weighted by Crippen LogP contribution is 2.52. The number of hydrogen-bond donors (Lipinski definition) is 5. The second-order valence-electron chi connectivity index (χ2n) is 11.0. The number of carbonyl (C=O) groups excluding carboxylic acids is 4. The molecule has 0 fully saturated rings. The van der Waals surface area contributed by atoms with Gasteiger partial charge in [0.25, 0.3) is 5.91 Å². The van der Waals surface area contributed by atoms with E-state index in [1.54, 1.807) is 25.1 Å². The molecule has 6 N–H and O–H groups in total. The molecule has 204 valence electrons. The molecular weight excluding hydrogens is 494 g/mol. The quantitative estimate of drug-likeness (QED) is 0.257. The van der Waals surface area contributed by atoms with Gasteiger partial charge < -0.3 is 36.0 Å². The Labute approximate surface area is 219 Å². The summed E-state index contributed by atoms with van der Waals surface area (Å²) in [5.41, 5.74) is 3.04. The van der Waals surface area contributed by atoms with Gasteiger partial charge in [-0.25, -0.2) is 0 Å². The van der Waals surface area contributed by atoms with Crippen LogP contribution in [0.5, 0.6) is 5.75 Å². The van der Waals surface area contributed by atoms with Gasteiger partial charge >= 0.3 is 0 Å². The maximum Gasteiger partial charge on any atom is 0.255 e. The van der Waals surface area contributed by atoms with Crippen molar-refractivity contribution in [2.75, 3.05) is 25.5 Å². The van der Waals surface area contributed by atoms with E-state index in [0.29, 0.717) is 29.8 Å². The fraction of sp³-hybridized carbons (Fsp3) is 0.481. The number of fused-ring (bicyclic) bond motifs is 3. The largest absolute Gasteiger partial charge is 0.511 e. The zero-order valence-electron chi connectivity index (χ0n) is 21.8. The van der Waals surface area contributed by atoms with E-state index in [2.05, 4.69) is 0 Å². The lowest BCUT2D eigenvalue weighted by Gasteiger charge is -2.46. The second-order valence-corrected chi connectivity index (χ2v) is 11.0. The minimum absolute atomic E-state index is 0.0416. The summed E-state index contributed by atoms with van der Waals surface area (Å²) in [5.74, 6) is -6.51.